The lowest BCUT2D eigenvalue weighted by molar-refractivity contribution is -0.361. The van der Waals surface area contributed by atoms with Crippen molar-refractivity contribution in [2.75, 3.05) is 26.4 Å². The number of rotatable bonds is 12. The van der Waals surface area contributed by atoms with Crippen molar-refractivity contribution in [3.8, 4) is 0 Å². The zero-order chi connectivity index (χ0) is 54.6. The first kappa shape index (κ1) is 58.1. The highest BCUT2D eigenvalue weighted by Crippen LogP contribution is 2.78. The Morgan fingerprint density at radius 2 is 1.27 bits per heavy atom. The van der Waals surface area contributed by atoms with E-state index in [0.29, 0.717) is 32.1 Å². The highest BCUT2D eigenvalue weighted by molar-refractivity contribution is 5.78. The van der Waals surface area contributed by atoms with E-state index in [9.17, 15) is 66.4 Å². The largest absolute Gasteiger partial charge is 0.432 e. The summed E-state index contributed by atoms with van der Waals surface area (Å²) in [5.41, 5.74) is -1.38. The van der Waals surface area contributed by atoms with Crippen molar-refractivity contribution < 1.29 is 109 Å². The number of hydrogen-bond donors (Lipinski definition) is 13. The van der Waals surface area contributed by atoms with Gasteiger partial charge in [0.15, 0.2) is 18.9 Å². The second-order valence-corrected chi connectivity index (χ2v) is 25.2. The fourth-order valence-electron chi connectivity index (χ4n) is 17.0. The van der Waals surface area contributed by atoms with Crippen molar-refractivity contribution in [2.24, 2.45) is 56.7 Å². The van der Waals surface area contributed by atoms with Crippen LogP contribution in [0.1, 0.15) is 106 Å². The van der Waals surface area contributed by atoms with Crippen LogP contribution in [0, 0.1) is 56.7 Å². The third-order valence-corrected chi connectivity index (χ3v) is 21.5. The van der Waals surface area contributed by atoms with E-state index in [0.717, 1.165) is 37.7 Å². The summed E-state index contributed by atoms with van der Waals surface area (Å²) in [6.45, 7) is 15.3. The first-order chi connectivity index (χ1) is 35.2. The topological polar surface area (TPSA) is 354 Å². The smallest absolute Gasteiger partial charge is 0.314 e. The highest BCUT2D eigenvalue weighted by Gasteiger charge is 2.73. The van der Waals surface area contributed by atoms with E-state index in [2.05, 4.69) is 34.3 Å². The Kier molecular flexibility index (Phi) is 16.6. The maximum atomic E-state index is 15.1. The number of esters is 1. The van der Waals surface area contributed by atoms with Gasteiger partial charge in [-0.25, -0.2) is 0 Å². The molecule has 0 radical (unpaired) electrons. The molecule has 4 heterocycles. The Morgan fingerprint density at radius 1 is 0.613 bits per heavy atom. The van der Waals surface area contributed by atoms with Gasteiger partial charge in [0.1, 0.15) is 85.5 Å². The summed E-state index contributed by atoms with van der Waals surface area (Å²) in [5.74, 6) is -0.421. The standard InChI is InChI=1S/C53H86O22/c1-22(2)24-10-15-53(48(67)75-47-41(65)37(61)35(59)28(72-47)20-69-44-42(66)38(62)43(27(18-54)71-44)74-46-40(64)36(60)33(57)23(3)70-46)17-16-51(6)25(32(24)53)8-9-30-49(4)13-12-31(73-45-39(63)34(58)26(56)19-68-45)50(5,21-55)29(49)11-14-52(30,51)7/h23-47,54-66H,1,8-21H2,2-7H3/t23-,24-,25+,26-,27+,28+,29+,30+,31-,32+,33-,34-,35+,36+,37-,38+,39+,40+,41+,42+,43+,44+,45-,46-,47-,49-,50-,51+,52+,53-/m0/s1. The van der Waals surface area contributed by atoms with Crippen LogP contribution in [0.3, 0.4) is 0 Å². The molecule has 75 heavy (non-hydrogen) atoms. The molecule has 4 aliphatic heterocycles. The molecule has 5 saturated carbocycles. The van der Waals surface area contributed by atoms with Crippen molar-refractivity contribution in [1.82, 2.24) is 0 Å². The predicted octanol–water partition coefficient (Wildman–Crippen LogP) is -1.54. The van der Waals surface area contributed by atoms with Crippen LogP contribution in [0.15, 0.2) is 12.2 Å². The molecule has 0 bridgehead atoms. The Balaban J connectivity index is 0.885. The van der Waals surface area contributed by atoms with Crippen molar-refractivity contribution in [3.63, 3.8) is 0 Å². The molecule has 0 aromatic carbocycles. The molecular weight excluding hydrogens is 989 g/mol. The average molecular weight is 1080 g/mol. The lowest BCUT2D eigenvalue weighted by Crippen LogP contribution is -2.68. The van der Waals surface area contributed by atoms with Crippen LogP contribution in [0.25, 0.3) is 0 Å². The van der Waals surface area contributed by atoms with Crippen LogP contribution in [0.2, 0.25) is 0 Å². The SMILES string of the molecule is C=C(C)[C@@H]1CC[C@]2(C(=O)O[C@@H]3O[C@H](CO[C@@H]4O[C@H](CO)[C@@H](O[C@@H]5O[C@@H](C)[C@H](O)[C@@H](O)[C@H]5O)[C@H](O)[C@H]4O)[C@@H](O)[C@H](O)[C@H]3O)CC[C@]3(C)[C@H](CC[C@@H]4[C@@]5(C)CC[C@H](O[C@@H]6OC[C@H](O)[C@H](O)[C@H]6O)[C@@](C)(CO)[C@@H]5CC[C@]43C)[C@@H]12. The van der Waals surface area contributed by atoms with Crippen molar-refractivity contribution in [1.29, 1.82) is 0 Å². The second-order valence-electron chi connectivity index (χ2n) is 25.2. The number of fused-ring (bicyclic) bond motifs is 7. The first-order valence-electron chi connectivity index (χ1n) is 27.3. The number of allylic oxidation sites excluding steroid dienone is 1. The number of ether oxygens (including phenoxy) is 8. The molecule has 30 atom stereocenters. The summed E-state index contributed by atoms with van der Waals surface area (Å²) < 4.78 is 47.0. The number of hydrogen-bond acceptors (Lipinski definition) is 22. The monoisotopic (exact) mass is 1070 g/mol. The molecule has 0 unspecified atom stereocenters. The summed E-state index contributed by atoms with van der Waals surface area (Å²) in [6, 6.07) is 0. The Bertz CT molecular complexity index is 2030. The van der Waals surface area contributed by atoms with E-state index in [1.807, 2.05) is 6.92 Å². The van der Waals surface area contributed by atoms with Crippen LogP contribution in [-0.4, -0.2) is 222 Å². The molecule has 9 rings (SSSR count). The Hall–Kier alpha value is -1.59. The zero-order valence-corrected chi connectivity index (χ0v) is 44.0. The lowest BCUT2D eigenvalue weighted by atomic mass is 9.32. The lowest BCUT2D eigenvalue weighted by Gasteiger charge is -2.73. The maximum Gasteiger partial charge on any atom is 0.314 e. The molecule has 430 valence electrons. The third-order valence-electron chi connectivity index (χ3n) is 21.5. The molecule has 22 nitrogen and oxygen atoms in total. The molecule has 0 aromatic rings. The van der Waals surface area contributed by atoms with Gasteiger partial charge in [0.25, 0.3) is 0 Å². The second kappa shape index (κ2) is 21.4. The molecular formula is C53H86O22. The van der Waals surface area contributed by atoms with Crippen molar-refractivity contribution in [3.05, 3.63) is 12.2 Å². The van der Waals surface area contributed by atoms with Gasteiger partial charge in [0.2, 0.25) is 6.29 Å². The third kappa shape index (κ3) is 9.31. The van der Waals surface area contributed by atoms with Crippen molar-refractivity contribution >= 4 is 5.97 Å². The van der Waals surface area contributed by atoms with E-state index >= 15 is 4.79 Å². The van der Waals surface area contributed by atoms with Crippen molar-refractivity contribution in [2.45, 2.75) is 229 Å². The first-order valence-corrected chi connectivity index (χ1v) is 27.3. The van der Waals surface area contributed by atoms with Gasteiger partial charge in [0.05, 0.1) is 44.1 Å². The summed E-state index contributed by atoms with van der Waals surface area (Å²) in [4.78, 5) is 15.1. The van der Waals surface area contributed by atoms with Crippen LogP contribution in [-0.2, 0) is 42.7 Å². The average Bonchev–Trinajstić information content (AvgIpc) is 3.88. The number of carbonyl (C=O) groups excluding carboxylic acids is 1. The zero-order valence-electron chi connectivity index (χ0n) is 44.0. The van der Waals surface area contributed by atoms with Gasteiger partial charge < -0.3 is 104 Å². The molecule has 22 heteroatoms. The molecule has 4 saturated heterocycles. The minimum atomic E-state index is -1.88. The molecule has 9 fully saturated rings. The van der Waals surface area contributed by atoms with Crippen LogP contribution < -0.4 is 0 Å². The number of carbonyl (C=O) groups is 1. The number of aliphatic hydroxyl groups excluding tert-OH is 13. The van der Waals surface area contributed by atoms with E-state index < -0.39 is 153 Å². The van der Waals surface area contributed by atoms with Gasteiger partial charge >= 0.3 is 5.97 Å². The summed E-state index contributed by atoms with van der Waals surface area (Å²) >= 11 is 0. The van der Waals surface area contributed by atoms with Gasteiger partial charge in [-0.1, -0.05) is 39.8 Å². The highest BCUT2D eigenvalue weighted by atomic mass is 16.8. The van der Waals surface area contributed by atoms with E-state index in [-0.39, 0.29) is 59.0 Å². The van der Waals surface area contributed by atoms with Crippen LogP contribution in [0.4, 0.5) is 0 Å². The quantitative estimate of drug-likeness (QED) is 0.0598. The minimum Gasteiger partial charge on any atom is -0.432 e. The minimum absolute atomic E-state index is 0.0180. The molecule has 0 amide bonds. The Morgan fingerprint density at radius 3 is 1.95 bits per heavy atom. The summed E-state index contributed by atoms with van der Waals surface area (Å²) in [6.07, 6.45) is -23.1. The fourth-order valence-corrected chi connectivity index (χ4v) is 17.0. The molecule has 13 N–H and O–H groups in total. The van der Waals surface area contributed by atoms with Crippen LogP contribution >= 0.6 is 0 Å². The normalized spacial score (nSPS) is 56.0. The van der Waals surface area contributed by atoms with Gasteiger partial charge in [-0.15, -0.1) is 0 Å². The maximum absolute atomic E-state index is 15.1. The molecule has 9 aliphatic rings. The van der Waals surface area contributed by atoms with Gasteiger partial charge in [-0.2, -0.15) is 0 Å². The van der Waals surface area contributed by atoms with Gasteiger partial charge in [0, 0.05) is 5.41 Å². The predicted molar refractivity (Wildman–Crippen MR) is 257 cm³/mol. The molecule has 5 aliphatic carbocycles. The summed E-state index contributed by atoms with van der Waals surface area (Å²) in [5, 5.41) is 139. The Labute approximate surface area is 437 Å². The number of aliphatic hydroxyl groups is 13. The van der Waals surface area contributed by atoms with Crippen LogP contribution in [0.5, 0.6) is 0 Å². The van der Waals surface area contributed by atoms with E-state index in [4.69, 9.17) is 37.9 Å². The summed E-state index contributed by atoms with van der Waals surface area (Å²) in [7, 11) is 0. The fraction of sp³-hybridized carbons (Fsp3) is 0.943. The van der Waals surface area contributed by atoms with Gasteiger partial charge in [-0.3, -0.25) is 4.79 Å². The molecule has 0 spiro atoms. The van der Waals surface area contributed by atoms with E-state index in [1.165, 1.54) is 6.92 Å². The molecule has 0 aromatic heterocycles. The van der Waals surface area contributed by atoms with E-state index in [1.54, 1.807) is 0 Å². The van der Waals surface area contributed by atoms with Gasteiger partial charge in [-0.05, 0) is 124 Å².